The van der Waals surface area contributed by atoms with E-state index in [1.165, 1.54) is 11.3 Å². The number of hydrogen-bond acceptors (Lipinski definition) is 7. The van der Waals surface area contributed by atoms with Gasteiger partial charge in [-0.2, -0.15) is 0 Å². The highest BCUT2D eigenvalue weighted by Crippen LogP contribution is 2.29. The van der Waals surface area contributed by atoms with E-state index in [4.69, 9.17) is 21.1 Å². The monoisotopic (exact) mass is 491 g/mol. The molecule has 2 saturated heterocycles. The molecule has 2 amide bonds. The summed E-state index contributed by atoms with van der Waals surface area (Å²) in [7, 11) is 0. The number of esters is 1. The third kappa shape index (κ3) is 5.42. The number of piperidine rings is 1. The lowest BCUT2D eigenvalue weighted by molar-refractivity contribution is -0.145. The number of ether oxygens (including phenoxy) is 2. The van der Waals surface area contributed by atoms with E-state index >= 15 is 0 Å². The van der Waals surface area contributed by atoms with Gasteiger partial charge in [-0.1, -0.05) is 11.6 Å². The molecular formula is C23H26ClN3O5S. The zero-order valence-corrected chi connectivity index (χ0v) is 19.9. The Morgan fingerprint density at radius 2 is 1.94 bits per heavy atom. The zero-order valence-electron chi connectivity index (χ0n) is 18.3. The first-order chi connectivity index (χ1) is 16.0. The van der Waals surface area contributed by atoms with Crippen molar-refractivity contribution in [1.29, 1.82) is 0 Å². The fourth-order valence-corrected chi connectivity index (χ4v) is 5.08. The summed E-state index contributed by atoms with van der Waals surface area (Å²) in [5, 5.41) is 2.78. The first-order valence-electron chi connectivity index (χ1n) is 11.0. The van der Waals surface area contributed by atoms with Gasteiger partial charge in [-0.15, -0.1) is 11.3 Å². The molecule has 2 aliphatic rings. The van der Waals surface area contributed by atoms with Crippen molar-refractivity contribution in [3.05, 3.63) is 45.6 Å². The van der Waals surface area contributed by atoms with Crippen molar-refractivity contribution in [1.82, 2.24) is 5.32 Å². The average molecular weight is 492 g/mol. The average Bonchev–Trinajstić information content (AvgIpc) is 3.43. The number of benzene rings is 1. The normalized spacial score (nSPS) is 20.5. The van der Waals surface area contributed by atoms with Crippen LogP contribution in [0.25, 0.3) is 0 Å². The summed E-state index contributed by atoms with van der Waals surface area (Å²) in [6, 6.07) is 10.6. The maximum Gasteiger partial charge on any atom is 0.414 e. The molecule has 10 heteroatoms. The van der Waals surface area contributed by atoms with Crippen molar-refractivity contribution < 1.29 is 23.9 Å². The van der Waals surface area contributed by atoms with Crippen molar-refractivity contribution in [3.8, 4) is 0 Å². The Morgan fingerprint density at radius 3 is 2.64 bits per heavy atom. The number of hydrogen-bond donors (Lipinski definition) is 1. The molecular weight excluding hydrogens is 466 g/mol. The molecule has 2 fully saturated rings. The van der Waals surface area contributed by atoms with Gasteiger partial charge in [0.05, 0.1) is 28.9 Å². The largest absolute Gasteiger partial charge is 0.464 e. The van der Waals surface area contributed by atoms with E-state index < -0.39 is 12.2 Å². The summed E-state index contributed by atoms with van der Waals surface area (Å²) in [4.78, 5) is 41.1. The van der Waals surface area contributed by atoms with Crippen LogP contribution in [0.3, 0.4) is 0 Å². The van der Waals surface area contributed by atoms with Gasteiger partial charge in [-0.3, -0.25) is 9.69 Å². The molecule has 0 spiro atoms. The van der Waals surface area contributed by atoms with Crippen LogP contribution in [0, 0.1) is 0 Å². The molecule has 1 aromatic heterocycles. The van der Waals surface area contributed by atoms with Crippen LogP contribution in [0.5, 0.6) is 0 Å². The molecule has 0 radical (unpaired) electrons. The van der Waals surface area contributed by atoms with Gasteiger partial charge in [-0.05, 0) is 62.6 Å². The summed E-state index contributed by atoms with van der Waals surface area (Å²) in [5.41, 5.74) is 1.62. The lowest BCUT2D eigenvalue weighted by Gasteiger charge is -2.36. The van der Waals surface area contributed by atoms with Gasteiger partial charge in [-0.25, -0.2) is 9.59 Å². The maximum absolute atomic E-state index is 12.4. The standard InChI is InChI=1S/C23H26ClN3O5S/c1-2-31-22(29)18-5-3-4-12-26(18)15-6-8-16(9-7-15)27-14-17(32-23(27)30)13-25-21(28)19-10-11-20(24)33-19/h6-11,17-18H,2-5,12-14H2,1H3,(H,25,28)/t17-,18?/m0/s1. The Morgan fingerprint density at radius 1 is 1.18 bits per heavy atom. The van der Waals surface area contributed by atoms with E-state index in [2.05, 4.69) is 10.2 Å². The number of nitrogens with zero attached hydrogens (tertiary/aromatic N) is 2. The SMILES string of the molecule is CCOC(=O)C1CCCCN1c1ccc(N2C[C@H](CNC(=O)c3ccc(Cl)s3)OC2=O)cc1. The highest BCUT2D eigenvalue weighted by atomic mass is 35.5. The zero-order chi connectivity index (χ0) is 23.4. The minimum Gasteiger partial charge on any atom is -0.464 e. The topological polar surface area (TPSA) is 88.2 Å². The van der Waals surface area contributed by atoms with Crippen molar-refractivity contribution in [2.75, 3.05) is 36.0 Å². The molecule has 2 atom stereocenters. The number of halogens is 1. The minimum absolute atomic E-state index is 0.195. The number of carbonyl (C=O) groups excluding carboxylic acids is 3. The molecule has 33 heavy (non-hydrogen) atoms. The lowest BCUT2D eigenvalue weighted by Crippen LogP contribution is -2.45. The quantitative estimate of drug-likeness (QED) is 0.587. The fraction of sp³-hybridized carbons (Fsp3) is 0.435. The second-order valence-electron chi connectivity index (χ2n) is 7.90. The number of amides is 2. The van der Waals surface area contributed by atoms with Gasteiger partial charge in [0.15, 0.2) is 0 Å². The molecule has 1 N–H and O–H groups in total. The Bertz CT molecular complexity index is 1010. The smallest absolute Gasteiger partial charge is 0.414 e. The molecule has 0 bridgehead atoms. The molecule has 4 rings (SSSR count). The van der Waals surface area contributed by atoms with Crippen LogP contribution >= 0.6 is 22.9 Å². The summed E-state index contributed by atoms with van der Waals surface area (Å²) in [5.74, 6) is -0.442. The second-order valence-corrected chi connectivity index (χ2v) is 9.62. The third-order valence-corrected chi connectivity index (χ3v) is 6.95. The second kappa shape index (κ2) is 10.4. The summed E-state index contributed by atoms with van der Waals surface area (Å²) in [6.45, 7) is 3.50. The van der Waals surface area contributed by atoms with Gasteiger partial charge in [0.25, 0.3) is 5.91 Å². The van der Waals surface area contributed by atoms with E-state index in [1.807, 2.05) is 31.2 Å². The Kier molecular flexibility index (Phi) is 7.39. The first-order valence-corrected chi connectivity index (χ1v) is 12.2. The molecule has 8 nitrogen and oxygen atoms in total. The van der Waals surface area contributed by atoms with Crippen LogP contribution in [0.1, 0.15) is 35.9 Å². The van der Waals surface area contributed by atoms with Gasteiger partial charge < -0.3 is 19.7 Å². The number of carbonyl (C=O) groups is 3. The van der Waals surface area contributed by atoms with Crippen LogP contribution in [-0.4, -0.2) is 56.4 Å². The molecule has 0 saturated carbocycles. The molecule has 2 aromatic rings. The third-order valence-electron chi connectivity index (χ3n) is 5.72. The van der Waals surface area contributed by atoms with Gasteiger partial charge in [0, 0.05) is 17.9 Å². The van der Waals surface area contributed by atoms with Gasteiger partial charge in [0.2, 0.25) is 0 Å². The number of rotatable bonds is 7. The van der Waals surface area contributed by atoms with E-state index in [0.717, 1.165) is 31.5 Å². The molecule has 1 unspecified atom stereocenters. The fourth-order valence-electron chi connectivity index (χ4n) is 4.12. The van der Waals surface area contributed by atoms with Gasteiger partial charge in [0.1, 0.15) is 12.1 Å². The Labute approximate surface area is 201 Å². The molecule has 0 aliphatic carbocycles. The number of cyclic esters (lactones) is 1. The minimum atomic E-state index is -0.455. The predicted octanol–water partition coefficient (Wildman–Crippen LogP) is 4.08. The number of nitrogens with one attached hydrogen (secondary N) is 1. The lowest BCUT2D eigenvalue weighted by atomic mass is 10.0. The maximum atomic E-state index is 12.4. The number of thiophene rings is 1. The molecule has 3 heterocycles. The molecule has 1 aromatic carbocycles. The van der Waals surface area contributed by atoms with Crippen LogP contribution < -0.4 is 15.1 Å². The van der Waals surface area contributed by atoms with E-state index in [-0.39, 0.29) is 24.5 Å². The van der Waals surface area contributed by atoms with Crippen LogP contribution in [-0.2, 0) is 14.3 Å². The van der Waals surface area contributed by atoms with Crippen molar-refractivity contribution >= 4 is 52.3 Å². The van der Waals surface area contributed by atoms with Crippen LogP contribution in [0.2, 0.25) is 4.34 Å². The van der Waals surface area contributed by atoms with Gasteiger partial charge >= 0.3 is 12.1 Å². The van der Waals surface area contributed by atoms with Crippen LogP contribution in [0.15, 0.2) is 36.4 Å². The van der Waals surface area contributed by atoms with E-state index in [9.17, 15) is 14.4 Å². The summed E-state index contributed by atoms with van der Waals surface area (Å²) >= 11 is 7.07. The molecule has 2 aliphatic heterocycles. The highest BCUT2D eigenvalue weighted by Gasteiger charge is 2.33. The Hall–Kier alpha value is -2.78. The van der Waals surface area contributed by atoms with Crippen LogP contribution in [0.4, 0.5) is 16.2 Å². The number of anilines is 2. The van der Waals surface area contributed by atoms with Crippen molar-refractivity contribution in [2.24, 2.45) is 0 Å². The summed E-state index contributed by atoms with van der Waals surface area (Å²) in [6.07, 6.45) is 1.87. The van der Waals surface area contributed by atoms with E-state index in [1.54, 1.807) is 17.0 Å². The van der Waals surface area contributed by atoms with Crippen molar-refractivity contribution in [3.63, 3.8) is 0 Å². The molecule has 176 valence electrons. The van der Waals surface area contributed by atoms with E-state index in [0.29, 0.717) is 28.1 Å². The Balaban J connectivity index is 1.36. The first kappa shape index (κ1) is 23.4. The summed E-state index contributed by atoms with van der Waals surface area (Å²) < 4.78 is 11.2. The predicted molar refractivity (Wildman–Crippen MR) is 127 cm³/mol. The van der Waals surface area contributed by atoms with Crippen molar-refractivity contribution in [2.45, 2.75) is 38.3 Å². The highest BCUT2D eigenvalue weighted by molar-refractivity contribution is 7.18.